The number of esters is 1. The largest absolute Gasteiger partial charge is 0.462 e. The van der Waals surface area contributed by atoms with E-state index in [1.54, 1.807) is 20.8 Å². The molecule has 1 heterocycles. The van der Waals surface area contributed by atoms with E-state index in [9.17, 15) is 14.9 Å². The van der Waals surface area contributed by atoms with Crippen molar-refractivity contribution in [2.75, 3.05) is 6.61 Å². The summed E-state index contributed by atoms with van der Waals surface area (Å²) < 4.78 is 5.11. The Labute approximate surface area is 189 Å². The molecular weight excluding hydrogens is 404 g/mol. The van der Waals surface area contributed by atoms with Gasteiger partial charge >= 0.3 is 5.97 Å². The van der Waals surface area contributed by atoms with Crippen LogP contribution in [0.1, 0.15) is 76.8 Å². The van der Waals surface area contributed by atoms with Crippen LogP contribution in [0.5, 0.6) is 0 Å². The number of nitrogens with zero attached hydrogens (tertiary/aromatic N) is 3. The smallest absolute Gasteiger partial charge is 0.342 e. The van der Waals surface area contributed by atoms with Crippen molar-refractivity contribution in [3.05, 3.63) is 63.4 Å². The molecule has 0 unspecified atom stereocenters. The Morgan fingerprint density at radius 1 is 1.06 bits per heavy atom. The molecule has 0 spiro atoms. The average molecular weight is 435 g/mol. The normalized spacial score (nSPS) is 12.0. The lowest BCUT2D eigenvalue weighted by Crippen LogP contribution is -2.33. The van der Waals surface area contributed by atoms with Gasteiger partial charge in [0.05, 0.1) is 17.9 Å². The second-order valence-electron chi connectivity index (χ2n) is 8.74. The van der Waals surface area contributed by atoms with Crippen LogP contribution in [0.3, 0.4) is 0 Å². The molecule has 7 heteroatoms. The van der Waals surface area contributed by atoms with E-state index in [0.717, 1.165) is 16.7 Å². The third-order valence-electron chi connectivity index (χ3n) is 4.76. The molecule has 0 aliphatic heterocycles. The summed E-state index contributed by atoms with van der Waals surface area (Å²) in [6.07, 6.45) is 0. The van der Waals surface area contributed by atoms with Crippen LogP contribution in [0.25, 0.3) is 5.57 Å². The maximum atomic E-state index is 13.4. The molecule has 0 bridgehead atoms. The van der Waals surface area contributed by atoms with Gasteiger partial charge < -0.3 is 10.1 Å². The van der Waals surface area contributed by atoms with E-state index in [1.165, 1.54) is 0 Å². The number of ether oxygens (including phenoxy) is 1. The second-order valence-corrected chi connectivity index (χ2v) is 8.74. The average Bonchev–Trinajstić information content (AvgIpc) is 2.65. The number of nitrogens with one attached hydrogen (secondary N) is 1. The van der Waals surface area contributed by atoms with E-state index in [4.69, 9.17) is 4.74 Å². The fraction of sp³-hybridized carbons (Fsp3) is 0.400. The minimum Gasteiger partial charge on any atom is -0.462 e. The van der Waals surface area contributed by atoms with Crippen molar-refractivity contribution in [1.82, 2.24) is 15.3 Å². The number of allylic oxidation sites excluding steroid dienone is 2. The van der Waals surface area contributed by atoms with Gasteiger partial charge in [-0.05, 0) is 40.2 Å². The Hall–Kier alpha value is -3.53. The zero-order valence-electron chi connectivity index (χ0n) is 20.0. The Balaban J connectivity index is 2.68. The van der Waals surface area contributed by atoms with E-state index in [2.05, 4.69) is 21.4 Å². The quantitative estimate of drug-likeness (QED) is 0.545. The molecule has 0 aliphatic carbocycles. The molecule has 0 saturated heterocycles. The van der Waals surface area contributed by atoms with Gasteiger partial charge in [-0.2, -0.15) is 5.26 Å². The van der Waals surface area contributed by atoms with Crippen molar-refractivity contribution in [3.8, 4) is 6.07 Å². The first-order valence-electron chi connectivity index (χ1n) is 10.5. The third kappa shape index (κ3) is 5.58. The Morgan fingerprint density at radius 2 is 1.66 bits per heavy atom. The number of benzene rings is 1. The molecule has 0 atom stereocenters. The summed E-state index contributed by atoms with van der Waals surface area (Å²) in [5.74, 6) is -0.897. The van der Waals surface area contributed by atoms with Crippen molar-refractivity contribution in [1.29, 1.82) is 5.26 Å². The summed E-state index contributed by atoms with van der Waals surface area (Å²) in [7, 11) is 0. The Kier molecular flexibility index (Phi) is 7.52. The summed E-state index contributed by atoms with van der Waals surface area (Å²) in [6.45, 7) is 14.8. The highest BCUT2D eigenvalue weighted by molar-refractivity contribution is 6.05. The van der Waals surface area contributed by atoms with Crippen LogP contribution in [0.2, 0.25) is 0 Å². The van der Waals surface area contributed by atoms with Crippen LogP contribution in [-0.4, -0.2) is 28.5 Å². The SMILES string of the molecule is CCOC(=O)c1c(C)nc(C)nc1C(=O)N/C(=C(/C#N)c1cc(C)cc(C)c1)C(C)(C)C. The lowest BCUT2D eigenvalue weighted by Gasteiger charge is -2.26. The molecule has 32 heavy (non-hydrogen) atoms. The highest BCUT2D eigenvalue weighted by atomic mass is 16.5. The standard InChI is InChI=1S/C25H30N4O3/c1-9-32-24(31)20-16(4)27-17(5)28-21(20)23(30)29-22(25(6,7)8)19(13-26)18-11-14(2)10-15(3)12-18/h10-12H,9H2,1-8H3,(H,29,30)/b22-19-. The van der Waals surface area contributed by atoms with Gasteiger partial charge in [-0.15, -0.1) is 0 Å². The monoisotopic (exact) mass is 434 g/mol. The molecule has 2 aromatic rings. The van der Waals surface area contributed by atoms with Crippen LogP contribution in [-0.2, 0) is 4.74 Å². The summed E-state index contributed by atoms with van der Waals surface area (Å²) in [4.78, 5) is 34.3. The van der Waals surface area contributed by atoms with Gasteiger partial charge in [0.15, 0.2) is 0 Å². The number of carbonyl (C=O) groups is 2. The number of amides is 1. The van der Waals surface area contributed by atoms with Crippen molar-refractivity contribution >= 4 is 17.4 Å². The molecular formula is C25H30N4O3. The number of rotatable bonds is 5. The van der Waals surface area contributed by atoms with Crippen molar-refractivity contribution < 1.29 is 14.3 Å². The topological polar surface area (TPSA) is 105 Å². The van der Waals surface area contributed by atoms with Crippen LogP contribution in [0.15, 0.2) is 23.9 Å². The zero-order valence-corrected chi connectivity index (χ0v) is 20.0. The molecule has 0 saturated carbocycles. The minimum absolute atomic E-state index is 0.0214. The van der Waals surface area contributed by atoms with Gasteiger partial charge in [0.25, 0.3) is 5.91 Å². The summed E-state index contributed by atoms with van der Waals surface area (Å²) in [5, 5.41) is 12.9. The predicted octanol–water partition coefficient (Wildman–Crippen LogP) is 4.60. The first-order chi connectivity index (χ1) is 14.9. The van der Waals surface area contributed by atoms with E-state index in [1.807, 2.05) is 52.8 Å². The van der Waals surface area contributed by atoms with Crippen molar-refractivity contribution in [3.63, 3.8) is 0 Å². The Morgan fingerprint density at radius 3 is 2.16 bits per heavy atom. The highest BCUT2D eigenvalue weighted by Crippen LogP contribution is 2.31. The third-order valence-corrected chi connectivity index (χ3v) is 4.76. The zero-order chi connectivity index (χ0) is 24.2. The molecule has 1 aromatic heterocycles. The van der Waals surface area contributed by atoms with Crippen LogP contribution >= 0.6 is 0 Å². The number of hydrogen-bond donors (Lipinski definition) is 1. The van der Waals surface area contributed by atoms with E-state index in [-0.39, 0.29) is 17.9 Å². The molecule has 0 fully saturated rings. The fourth-order valence-corrected chi connectivity index (χ4v) is 3.51. The van der Waals surface area contributed by atoms with Crippen LogP contribution in [0, 0.1) is 44.4 Å². The number of aryl methyl sites for hydroxylation is 4. The molecule has 0 aliphatic rings. The van der Waals surface area contributed by atoms with Gasteiger partial charge in [0.2, 0.25) is 0 Å². The first-order valence-corrected chi connectivity index (χ1v) is 10.5. The van der Waals surface area contributed by atoms with Gasteiger partial charge in [0.1, 0.15) is 23.2 Å². The van der Waals surface area contributed by atoms with E-state index < -0.39 is 17.3 Å². The first kappa shape index (κ1) is 24.7. The summed E-state index contributed by atoms with van der Waals surface area (Å²) in [6, 6.07) is 8.10. The molecule has 2 rings (SSSR count). The minimum atomic E-state index is -0.661. The summed E-state index contributed by atoms with van der Waals surface area (Å²) in [5.41, 5.74) is 3.28. The molecule has 1 amide bonds. The predicted molar refractivity (Wildman–Crippen MR) is 123 cm³/mol. The number of nitriles is 1. The molecule has 168 valence electrons. The van der Waals surface area contributed by atoms with Crippen molar-refractivity contribution in [2.24, 2.45) is 5.41 Å². The number of aromatic nitrogens is 2. The highest BCUT2D eigenvalue weighted by Gasteiger charge is 2.29. The van der Waals surface area contributed by atoms with Crippen molar-refractivity contribution in [2.45, 2.75) is 55.4 Å². The maximum Gasteiger partial charge on any atom is 0.342 e. The van der Waals surface area contributed by atoms with Crippen LogP contribution < -0.4 is 5.32 Å². The molecule has 1 aromatic carbocycles. The lowest BCUT2D eigenvalue weighted by atomic mass is 9.86. The van der Waals surface area contributed by atoms with E-state index in [0.29, 0.717) is 22.8 Å². The molecule has 0 radical (unpaired) electrons. The fourth-order valence-electron chi connectivity index (χ4n) is 3.51. The van der Waals surface area contributed by atoms with Crippen LogP contribution in [0.4, 0.5) is 0 Å². The van der Waals surface area contributed by atoms with Gasteiger partial charge in [-0.25, -0.2) is 14.8 Å². The van der Waals surface area contributed by atoms with Gasteiger partial charge in [-0.1, -0.05) is 50.1 Å². The molecule has 7 nitrogen and oxygen atoms in total. The Bertz CT molecular complexity index is 1110. The lowest BCUT2D eigenvalue weighted by molar-refractivity contribution is 0.0520. The van der Waals surface area contributed by atoms with E-state index >= 15 is 0 Å². The van der Waals surface area contributed by atoms with Gasteiger partial charge in [0, 0.05) is 11.1 Å². The maximum absolute atomic E-state index is 13.4. The number of hydrogen-bond acceptors (Lipinski definition) is 6. The second kappa shape index (κ2) is 9.73. The van der Waals surface area contributed by atoms with Gasteiger partial charge in [-0.3, -0.25) is 4.79 Å². The summed E-state index contributed by atoms with van der Waals surface area (Å²) >= 11 is 0. The number of carbonyl (C=O) groups excluding carboxylic acids is 2. The molecule has 1 N–H and O–H groups in total.